The number of hydrogen-bond donors (Lipinski definition) is 1. The van der Waals surface area contributed by atoms with E-state index in [1.807, 2.05) is 0 Å². The Bertz CT molecular complexity index is 675. The number of methoxy groups -OCH3 is 3. The number of nitrogens with one attached hydrogen (secondary N) is 1. The molecule has 0 unspecified atom stereocenters. The molecule has 1 aliphatic carbocycles. The maximum absolute atomic E-state index is 12.6. The van der Waals surface area contributed by atoms with Crippen LogP contribution in [0.1, 0.15) is 49.9 Å². The van der Waals surface area contributed by atoms with E-state index >= 15 is 0 Å². The Morgan fingerprint density at radius 2 is 1.59 bits per heavy atom. The SMILES string of the molecule is COc1cc(OC)c(C(=O)O[C@H](C)C(=O)N[C@H]2CCCC[C@H]2C)cc1OC. The normalized spacial score (nSPS) is 20.3. The van der Waals surface area contributed by atoms with Gasteiger partial charge in [0.1, 0.15) is 11.3 Å². The van der Waals surface area contributed by atoms with Crippen molar-refractivity contribution in [1.29, 1.82) is 0 Å². The molecule has 2 rings (SSSR count). The molecule has 1 aromatic carbocycles. The molecule has 7 nitrogen and oxygen atoms in total. The van der Waals surface area contributed by atoms with Gasteiger partial charge in [0, 0.05) is 18.2 Å². The van der Waals surface area contributed by atoms with E-state index in [0.29, 0.717) is 17.4 Å². The molecule has 1 fully saturated rings. The van der Waals surface area contributed by atoms with Crippen LogP contribution in [0, 0.1) is 5.92 Å². The molecule has 0 aliphatic heterocycles. The first-order valence-corrected chi connectivity index (χ1v) is 9.22. The summed E-state index contributed by atoms with van der Waals surface area (Å²) in [5.41, 5.74) is 0.167. The van der Waals surface area contributed by atoms with Gasteiger partial charge in [-0.05, 0) is 25.7 Å². The Morgan fingerprint density at radius 1 is 1.00 bits per heavy atom. The van der Waals surface area contributed by atoms with Crippen molar-refractivity contribution >= 4 is 11.9 Å². The van der Waals surface area contributed by atoms with Gasteiger partial charge in [-0.25, -0.2) is 4.79 Å². The van der Waals surface area contributed by atoms with Gasteiger partial charge in [-0.3, -0.25) is 4.79 Å². The smallest absolute Gasteiger partial charge is 0.342 e. The molecule has 0 aromatic heterocycles. The minimum absolute atomic E-state index is 0.128. The van der Waals surface area contributed by atoms with Crippen molar-refractivity contribution in [3.8, 4) is 17.2 Å². The van der Waals surface area contributed by atoms with Crippen molar-refractivity contribution in [2.75, 3.05) is 21.3 Å². The minimum atomic E-state index is -0.913. The summed E-state index contributed by atoms with van der Waals surface area (Å²) in [4.78, 5) is 25.0. The zero-order valence-electron chi connectivity index (χ0n) is 16.7. The fourth-order valence-electron chi connectivity index (χ4n) is 3.30. The Hall–Kier alpha value is -2.44. The minimum Gasteiger partial charge on any atom is -0.496 e. The molecule has 1 aromatic rings. The second kappa shape index (κ2) is 9.48. The maximum atomic E-state index is 12.6. The highest BCUT2D eigenvalue weighted by Crippen LogP contribution is 2.35. The Kier molecular flexibility index (Phi) is 7.33. The van der Waals surface area contributed by atoms with Crippen LogP contribution < -0.4 is 19.5 Å². The van der Waals surface area contributed by atoms with Crippen LogP contribution in [-0.2, 0) is 9.53 Å². The van der Waals surface area contributed by atoms with Crippen LogP contribution in [-0.4, -0.2) is 45.4 Å². The standard InChI is InChI=1S/C20H29NO6/c1-12-8-6-7-9-15(12)21-19(22)13(2)27-20(23)14-10-17(25-4)18(26-5)11-16(14)24-3/h10-13,15H,6-9H2,1-5H3,(H,21,22)/t12-,13-,15+/m1/s1. The van der Waals surface area contributed by atoms with Gasteiger partial charge >= 0.3 is 5.97 Å². The number of amides is 1. The fourth-order valence-corrected chi connectivity index (χ4v) is 3.30. The summed E-state index contributed by atoms with van der Waals surface area (Å²) in [5, 5.41) is 3.00. The molecule has 27 heavy (non-hydrogen) atoms. The molecule has 1 N–H and O–H groups in total. The summed E-state index contributed by atoms with van der Waals surface area (Å²) in [5.74, 6) is 0.567. The quantitative estimate of drug-likeness (QED) is 0.734. The van der Waals surface area contributed by atoms with Gasteiger partial charge in [-0.1, -0.05) is 19.8 Å². The largest absolute Gasteiger partial charge is 0.496 e. The molecule has 1 aliphatic rings. The molecule has 0 bridgehead atoms. The van der Waals surface area contributed by atoms with Crippen LogP contribution >= 0.6 is 0 Å². The van der Waals surface area contributed by atoms with E-state index in [4.69, 9.17) is 18.9 Å². The summed E-state index contributed by atoms with van der Waals surface area (Å²) in [6, 6.07) is 3.15. The van der Waals surface area contributed by atoms with Gasteiger partial charge in [0.2, 0.25) is 0 Å². The molecule has 1 saturated carbocycles. The van der Waals surface area contributed by atoms with Crippen molar-refractivity contribution in [1.82, 2.24) is 5.32 Å². The van der Waals surface area contributed by atoms with E-state index in [1.54, 1.807) is 13.0 Å². The van der Waals surface area contributed by atoms with Crippen molar-refractivity contribution in [3.63, 3.8) is 0 Å². The number of ether oxygens (including phenoxy) is 4. The lowest BCUT2D eigenvalue weighted by Gasteiger charge is -2.30. The second-order valence-electron chi connectivity index (χ2n) is 6.83. The molecule has 0 heterocycles. The van der Waals surface area contributed by atoms with Crippen LogP contribution in [0.5, 0.6) is 17.2 Å². The molecule has 150 valence electrons. The van der Waals surface area contributed by atoms with Crippen LogP contribution in [0.3, 0.4) is 0 Å². The van der Waals surface area contributed by atoms with Crippen LogP contribution in [0.2, 0.25) is 0 Å². The highest BCUT2D eigenvalue weighted by molar-refractivity contribution is 5.95. The summed E-state index contributed by atoms with van der Waals surface area (Å²) < 4.78 is 21.0. The first kappa shape index (κ1) is 20.9. The highest BCUT2D eigenvalue weighted by atomic mass is 16.6. The highest BCUT2D eigenvalue weighted by Gasteiger charge is 2.27. The molecule has 7 heteroatoms. The summed E-state index contributed by atoms with van der Waals surface area (Å²) in [6.07, 6.45) is 3.44. The fraction of sp³-hybridized carbons (Fsp3) is 0.600. The van der Waals surface area contributed by atoms with Crippen molar-refractivity contribution < 1.29 is 28.5 Å². The predicted molar refractivity (Wildman–Crippen MR) is 101 cm³/mol. The lowest BCUT2D eigenvalue weighted by Crippen LogP contribution is -2.46. The van der Waals surface area contributed by atoms with E-state index in [-0.39, 0.29) is 23.3 Å². The number of benzene rings is 1. The first-order chi connectivity index (χ1) is 12.9. The number of hydrogen-bond acceptors (Lipinski definition) is 6. The average Bonchev–Trinajstić information content (AvgIpc) is 2.68. The van der Waals surface area contributed by atoms with Gasteiger partial charge < -0.3 is 24.3 Å². The Morgan fingerprint density at radius 3 is 2.19 bits per heavy atom. The number of rotatable bonds is 7. The zero-order chi connectivity index (χ0) is 20.0. The summed E-state index contributed by atoms with van der Waals surface area (Å²) in [7, 11) is 4.41. The topological polar surface area (TPSA) is 83.1 Å². The van der Waals surface area contributed by atoms with Gasteiger partial charge in [0.15, 0.2) is 17.6 Å². The predicted octanol–water partition coefficient (Wildman–Crippen LogP) is 2.95. The summed E-state index contributed by atoms with van der Waals surface area (Å²) in [6.45, 7) is 3.70. The lowest BCUT2D eigenvalue weighted by atomic mass is 9.86. The third-order valence-corrected chi connectivity index (χ3v) is 5.02. The van der Waals surface area contributed by atoms with Crippen molar-refractivity contribution in [3.05, 3.63) is 17.7 Å². The molecule has 0 spiro atoms. The van der Waals surface area contributed by atoms with Crippen LogP contribution in [0.15, 0.2) is 12.1 Å². The molecule has 0 saturated heterocycles. The number of carbonyl (C=O) groups is 2. The summed E-state index contributed by atoms with van der Waals surface area (Å²) >= 11 is 0. The van der Waals surface area contributed by atoms with Crippen LogP contribution in [0.4, 0.5) is 0 Å². The van der Waals surface area contributed by atoms with Crippen molar-refractivity contribution in [2.45, 2.75) is 51.7 Å². The molecule has 3 atom stereocenters. The van der Waals surface area contributed by atoms with E-state index in [9.17, 15) is 9.59 Å². The molecular weight excluding hydrogens is 350 g/mol. The first-order valence-electron chi connectivity index (χ1n) is 9.22. The zero-order valence-corrected chi connectivity index (χ0v) is 16.7. The lowest BCUT2D eigenvalue weighted by molar-refractivity contribution is -0.130. The number of carbonyl (C=O) groups excluding carboxylic acids is 2. The van der Waals surface area contributed by atoms with E-state index in [2.05, 4.69) is 12.2 Å². The Balaban J connectivity index is 2.08. The molecule has 0 radical (unpaired) electrons. The van der Waals surface area contributed by atoms with Crippen LogP contribution in [0.25, 0.3) is 0 Å². The van der Waals surface area contributed by atoms with Crippen molar-refractivity contribution in [2.24, 2.45) is 5.92 Å². The third-order valence-electron chi connectivity index (χ3n) is 5.02. The maximum Gasteiger partial charge on any atom is 0.342 e. The number of esters is 1. The third kappa shape index (κ3) is 5.05. The molecular formula is C20H29NO6. The van der Waals surface area contributed by atoms with E-state index in [0.717, 1.165) is 19.3 Å². The van der Waals surface area contributed by atoms with Gasteiger partial charge in [0.25, 0.3) is 5.91 Å². The van der Waals surface area contributed by atoms with Gasteiger partial charge in [-0.2, -0.15) is 0 Å². The van der Waals surface area contributed by atoms with E-state index < -0.39 is 12.1 Å². The van der Waals surface area contributed by atoms with Gasteiger partial charge in [-0.15, -0.1) is 0 Å². The monoisotopic (exact) mass is 379 g/mol. The molecule has 1 amide bonds. The second-order valence-corrected chi connectivity index (χ2v) is 6.83. The van der Waals surface area contributed by atoms with E-state index in [1.165, 1.54) is 33.8 Å². The Labute approximate surface area is 160 Å². The average molecular weight is 379 g/mol. The van der Waals surface area contributed by atoms with Gasteiger partial charge in [0.05, 0.1) is 21.3 Å².